The van der Waals surface area contributed by atoms with Gasteiger partial charge in [0, 0.05) is 25.0 Å². The van der Waals surface area contributed by atoms with Crippen LogP contribution in [0, 0.1) is 0 Å². The van der Waals surface area contributed by atoms with Crippen LogP contribution in [0.5, 0.6) is 11.5 Å². The van der Waals surface area contributed by atoms with Gasteiger partial charge in [0.2, 0.25) is 0 Å². The summed E-state index contributed by atoms with van der Waals surface area (Å²) in [5, 5.41) is 10.4. The zero-order valence-corrected chi connectivity index (χ0v) is 11.2. The van der Waals surface area contributed by atoms with Crippen molar-refractivity contribution in [3.05, 3.63) is 23.8 Å². The van der Waals surface area contributed by atoms with Gasteiger partial charge in [0.05, 0.1) is 19.8 Å². The van der Waals surface area contributed by atoms with E-state index in [2.05, 4.69) is 0 Å². The molecular weight excluding hydrogens is 244 g/mol. The van der Waals surface area contributed by atoms with Gasteiger partial charge in [0.1, 0.15) is 17.1 Å². The van der Waals surface area contributed by atoms with Gasteiger partial charge in [-0.1, -0.05) is 0 Å². The predicted molar refractivity (Wildman–Crippen MR) is 70.6 cm³/mol. The number of aliphatic hydroxyl groups is 1. The molecule has 0 amide bonds. The number of benzene rings is 1. The molecule has 1 aromatic rings. The summed E-state index contributed by atoms with van der Waals surface area (Å²) in [6, 6.07) is 5.63. The highest BCUT2D eigenvalue weighted by Gasteiger charge is 2.40. The zero-order chi connectivity index (χ0) is 13.3. The van der Waals surface area contributed by atoms with Crippen LogP contribution in [0.3, 0.4) is 0 Å². The number of aliphatic hydroxyl groups excluding tert-OH is 1. The van der Waals surface area contributed by atoms with Gasteiger partial charge in [-0.3, -0.25) is 0 Å². The van der Waals surface area contributed by atoms with Crippen molar-refractivity contribution in [2.45, 2.75) is 37.4 Å². The largest absolute Gasteiger partial charge is 0.497 e. The second-order valence-electron chi connectivity index (χ2n) is 5.37. The van der Waals surface area contributed by atoms with Crippen LogP contribution in [0.2, 0.25) is 0 Å². The Morgan fingerprint density at radius 1 is 1.32 bits per heavy atom. The number of hydrogen-bond acceptors (Lipinski definition) is 4. The monoisotopic (exact) mass is 264 g/mol. The zero-order valence-electron chi connectivity index (χ0n) is 11.2. The number of methoxy groups -OCH3 is 1. The topological polar surface area (TPSA) is 47.9 Å². The van der Waals surface area contributed by atoms with E-state index in [-0.39, 0.29) is 5.60 Å². The van der Waals surface area contributed by atoms with Gasteiger partial charge in [0.15, 0.2) is 0 Å². The molecule has 1 saturated heterocycles. The molecule has 1 aromatic carbocycles. The summed E-state index contributed by atoms with van der Waals surface area (Å²) in [4.78, 5) is 0. The molecule has 1 spiro atoms. The Kier molecular flexibility index (Phi) is 3.37. The first-order chi connectivity index (χ1) is 9.22. The summed E-state index contributed by atoms with van der Waals surface area (Å²) in [7, 11) is 1.63. The van der Waals surface area contributed by atoms with Crippen molar-refractivity contribution in [3.8, 4) is 11.5 Å². The Bertz CT molecular complexity index is 449. The lowest BCUT2D eigenvalue weighted by Gasteiger charge is -2.40. The van der Waals surface area contributed by atoms with E-state index in [1.54, 1.807) is 7.11 Å². The van der Waals surface area contributed by atoms with Gasteiger partial charge in [-0.15, -0.1) is 0 Å². The molecule has 0 bridgehead atoms. The van der Waals surface area contributed by atoms with Crippen molar-refractivity contribution in [1.29, 1.82) is 0 Å². The molecule has 2 aliphatic rings. The molecule has 2 atom stereocenters. The van der Waals surface area contributed by atoms with E-state index in [4.69, 9.17) is 14.2 Å². The minimum Gasteiger partial charge on any atom is -0.497 e. The second-order valence-corrected chi connectivity index (χ2v) is 5.37. The van der Waals surface area contributed by atoms with Crippen LogP contribution < -0.4 is 9.47 Å². The smallest absolute Gasteiger partial charge is 0.126 e. The summed E-state index contributed by atoms with van der Waals surface area (Å²) in [6.07, 6.45) is 2.91. The van der Waals surface area contributed by atoms with Crippen LogP contribution in [0.1, 0.15) is 37.4 Å². The van der Waals surface area contributed by atoms with Crippen LogP contribution in [0.25, 0.3) is 0 Å². The van der Waals surface area contributed by atoms with Crippen LogP contribution in [-0.4, -0.2) is 31.0 Å². The van der Waals surface area contributed by atoms with E-state index < -0.39 is 6.10 Å². The van der Waals surface area contributed by atoms with Gasteiger partial charge in [-0.05, 0) is 31.0 Å². The van der Waals surface area contributed by atoms with Crippen LogP contribution in [0.4, 0.5) is 0 Å². The van der Waals surface area contributed by atoms with Crippen molar-refractivity contribution >= 4 is 0 Å². The first-order valence-electron chi connectivity index (χ1n) is 6.85. The maximum absolute atomic E-state index is 10.4. The third kappa shape index (κ3) is 2.42. The molecule has 3 rings (SSSR count). The van der Waals surface area contributed by atoms with Crippen LogP contribution in [-0.2, 0) is 4.74 Å². The predicted octanol–water partition coefficient (Wildman–Crippen LogP) is 2.45. The minimum absolute atomic E-state index is 0.266. The first kappa shape index (κ1) is 12.8. The Morgan fingerprint density at radius 2 is 2.21 bits per heavy atom. The molecule has 2 unspecified atom stereocenters. The summed E-state index contributed by atoms with van der Waals surface area (Å²) >= 11 is 0. The highest BCUT2D eigenvalue weighted by molar-refractivity contribution is 5.43. The van der Waals surface area contributed by atoms with Crippen LogP contribution >= 0.6 is 0 Å². The summed E-state index contributed by atoms with van der Waals surface area (Å²) in [6.45, 7) is 1.49. The lowest BCUT2D eigenvalue weighted by Crippen LogP contribution is -2.41. The van der Waals surface area contributed by atoms with Gasteiger partial charge in [0.25, 0.3) is 0 Å². The van der Waals surface area contributed by atoms with Gasteiger partial charge < -0.3 is 19.3 Å². The molecule has 104 valence electrons. The van der Waals surface area contributed by atoms with E-state index >= 15 is 0 Å². The van der Waals surface area contributed by atoms with E-state index in [1.165, 1.54) is 0 Å². The molecule has 4 nitrogen and oxygen atoms in total. The maximum atomic E-state index is 10.4. The molecule has 2 aliphatic heterocycles. The average Bonchev–Trinajstić information content (AvgIpc) is 2.64. The minimum atomic E-state index is -0.489. The van der Waals surface area contributed by atoms with Gasteiger partial charge in [-0.2, -0.15) is 0 Å². The second kappa shape index (κ2) is 5.02. The summed E-state index contributed by atoms with van der Waals surface area (Å²) < 4.78 is 16.9. The Balaban J connectivity index is 1.90. The van der Waals surface area contributed by atoms with Gasteiger partial charge >= 0.3 is 0 Å². The lowest BCUT2D eigenvalue weighted by atomic mass is 9.83. The van der Waals surface area contributed by atoms with E-state index in [0.29, 0.717) is 13.0 Å². The van der Waals surface area contributed by atoms with Crippen molar-refractivity contribution in [3.63, 3.8) is 0 Å². The molecule has 1 fully saturated rings. The molecule has 1 N–H and O–H groups in total. The third-order valence-electron chi connectivity index (χ3n) is 4.09. The fourth-order valence-electron chi connectivity index (χ4n) is 3.03. The molecular formula is C15H20O4. The number of ether oxygens (including phenoxy) is 3. The molecule has 0 radical (unpaired) electrons. The molecule has 19 heavy (non-hydrogen) atoms. The fourth-order valence-corrected chi connectivity index (χ4v) is 3.03. The van der Waals surface area contributed by atoms with Gasteiger partial charge in [-0.25, -0.2) is 0 Å². The molecule has 4 heteroatoms. The quantitative estimate of drug-likeness (QED) is 0.846. The molecule has 0 saturated carbocycles. The highest BCUT2D eigenvalue weighted by Crippen LogP contribution is 2.45. The summed E-state index contributed by atoms with van der Waals surface area (Å²) in [5.41, 5.74) is 0.562. The van der Waals surface area contributed by atoms with Crippen LogP contribution in [0.15, 0.2) is 18.2 Å². The van der Waals surface area contributed by atoms with Crippen molar-refractivity contribution in [1.82, 2.24) is 0 Å². The standard InChI is InChI=1S/C15H20O4/c1-17-11-3-4-14-12(9-11)13(16)10-15(19-14)5-2-7-18-8-6-15/h3-4,9,13,16H,2,5-8,10H2,1H3. The number of rotatable bonds is 1. The van der Waals surface area contributed by atoms with E-state index in [9.17, 15) is 5.11 Å². The van der Waals surface area contributed by atoms with E-state index in [1.807, 2.05) is 18.2 Å². The van der Waals surface area contributed by atoms with Crippen molar-refractivity contribution in [2.75, 3.05) is 20.3 Å². The fraction of sp³-hybridized carbons (Fsp3) is 0.600. The number of hydrogen-bond donors (Lipinski definition) is 1. The SMILES string of the molecule is COc1ccc2c(c1)C(O)CC1(CCCOCC1)O2. The van der Waals surface area contributed by atoms with Crippen molar-refractivity contribution in [2.24, 2.45) is 0 Å². The lowest BCUT2D eigenvalue weighted by molar-refractivity contribution is -0.0273. The summed E-state index contributed by atoms with van der Waals surface area (Å²) in [5.74, 6) is 1.53. The maximum Gasteiger partial charge on any atom is 0.126 e. The number of fused-ring (bicyclic) bond motifs is 1. The van der Waals surface area contributed by atoms with E-state index in [0.717, 1.165) is 42.9 Å². The normalized spacial score (nSPS) is 30.3. The third-order valence-corrected chi connectivity index (χ3v) is 4.09. The average molecular weight is 264 g/mol. The molecule has 0 aromatic heterocycles. The Labute approximate surface area is 113 Å². The molecule has 2 heterocycles. The van der Waals surface area contributed by atoms with Crippen molar-refractivity contribution < 1.29 is 19.3 Å². The Morgan fingerprint density at radius 3 is 3.05 bits per heavy atom. The molecule has 0 aliphatic carbocycles. The Hall–Kier alpha value is -1.26. The highest BCUT2D eigenvalue weighted by atomic mass is 16.5. The first-order valence-corrected chi connectivity index (χ1v) is 6.85.